The molecule has 2 aromatic heterocycles. The monoisotopic (exact) mass is 958 g/mol. The number of rotatable bonds is 25. The highest BCUT2D eigenvalue weighted by Gasteiger charge is 2.39. The zero-order chi connectivity index (χ0) is 49.5. The van der Waals surface area contributed by atoms with Gasteiger partial charge in [-0.25, -0.2) is 9.67 Å². The van der Waals surface area contributed by atoms with Crippen molar-refractivity contribution in [3.63, 3.8) is 0 Å². The number of carbonyl (C=O) groups excluding carboxylic acids is 4. The zero-order valence-corrected chi connectivity index (χ0v) is 42.1. The first-order valence-corrected chi connectivity index (χ1v) is 25.1. The van der Waals surface area contributed by atoms with Gasteiger partial charge in [0.15, 0.2) is 12.4 Å². The predicted octanol–water partition coefficient (Wildman–Crippen LogP) is 6.32. The van der Waals surface area contributed by atoms with E-state index >= 15 is 4.79 Å². The molecule has 0 radical (unpaired) electrons. The second kappa shape index (κ2) is 25.4. The molecule has 3 amide bonds. The summed E-state index contributed by atoms with van der Waals surface area (Å²) < 4.78 is 7.82. The molecule has 1 aliphatic heterocycles. The lowest BCUT2D eigenvalue weighted by Gasteiger charge is -2.40. The van der Waals surface area contributed by atoms with E-state index in [9.17, 15) is 24.6 Å². The van der Waals surface area contributed by atoms with Gasteiger partial charge in [0.05, 0.1) is 18.3 Å². The highest BCUT2D eigenvalue weighted by atomic mass is 32.1. The Morgan fingerprint density at radius 2 is 1.72 bits per heavy atom. The molecule has 68 heavy (non-hydrogen) atoms. The molecule has 0 aliphatic carbocycles. The highest BCUT2D eigenvalue weighted by molar-refractivity contribution is 7.09. The lowest BCUT2D eigenvalue weighted by molar-refractivity contribution is -0.149. The molecular formula is C51H75N9O7S. The van der Waals surface area contributed by atoms with E-state index in [4.69, 9.17) is 15.5 Å². The molecule has 372 valence electrons. The minimum atomic E-state index is -1.62. The van der Waals surface area contributed by atoms with Crippen LogP contribution in [-0.2, 0) is 38.5 Å². The number of anilines is 1. The summed E-state index contributed by atoms with van der Waals surface area (Å²) in [6.07, 6.45) is 5.64. The summed E-state index contributed by atoms with van der Waals surface area (Å²) in [7, 11) is 1.96. The van der Waals surface area contributed by atoms with E-state index in [1.807, 2.05) is 93.0 Å². The Balaban J connectivity index is 1.40. The maximum absolute atomic E-state index is 15.2. The molecule has 0 spiro atoms. The van der Waals surface area contributed by atoms with Gasteiger partial charge in [0.2, 0.25) is 11.8 Å². The molecule has 5 rings (SSSR count). The third-order valence-corrected chi connectivity index (χ3v) is 14.2. The molecule has 0 bridgehead atoms. The normalized spacial score (nSPS) is 16.7. The maximum Gasteiger partial charge on any atom is 0.303 e. The van der Waals surface area contributed by atoms with Crippen LogP contribution in [0, 0.1) is 17.3 Å². The van der Waals surface area contributed by atoms with E-state index in [0.29, 0.717) is 49.5 Å². The Bertz CT molecular complexity index is 2210. The first kappa shape index (κ1) is 53.7. The van der Waals surface area contributed by atoms with Gasteiger partial charge in [0.1, 0.15) is 16.7 Å². The first-order valence-electron chi connectivity index (χ1n) is 24.2. The van der Waals surface area contributed by atoms with Crippen molar-refractivity contribution in [2.24, 2.45) is 17.3 Å². The average molecular weight is 958 g/mol. The number of aromatic nitrogens is 4. The zero-order valence-electron chi connectivity index (χ0n) is 41.3. The number of benzene rings is 2. The summed E-state index contributed by atoms with van der Waals surface area (Å²) >= 11 is 1.19. The van der Waals surface area contributed by atoms with Crippen LogP contribution < -0.4 is 16.4 Å². The van der Waals surface area contributed by atoms with Crippen molar-refractivity contribution in [2.45, 2.75) is 156 Å². The fourth-order valence-electron chi connectivity index (χ4n) is 8.88. The number of unbranched alkanes of at least 4 members (excludes halogenated alkanes) is 1. The molecule has 17 heteroatoms. The van der Waals surface area contributed by atoms with E-state index in [1.165, 1.54) is 18.3 Å². The van der Waals surface area contributed by atoms with E-state index in [-0.39, 0.29) is 48.2 Å². The number of thiazole rings is 1. The minimum absolute atomic E-state index is 0.116. The number of ether oxygens (including phenoxy) is 1. The summed E-state index contributed by atoms with van der Waals surface area (Å²) in [6.45, 7) is 14.6. The topological polar surface area (TPSA) is 218 Å². The first-order chi connectivity index (χ1) is 32.3. The van der Waals surface area contributed by atoms with Gasteiger partial charge >= 0.3 is 5.97 Å². The third kappa shape index (κ3) is 15.7. The number of hydrogen-bond acceptors (Lipinski definition) is 13. The van der Waals surface area contributed by atoms with E-state index in [0.717, 1.165) is 49.0 Å². The number of aliphatic hydroxyl groups excluding tert-OH is 1. The Morgan fingerprint density at radius 3 is 2.37 bits per heavy atom. The van der Waals surface area contributed by atoms with Crippen LogP contribution in [0.2, 0.25) is 0 Å². The number of likely N-dealkylation sites (N-methyl/N-ethyl adjacent to an activating group) is 1. The van der Waals surface area contributed by atoms with Gasteiger partial charge in [0, 0.05) is 54.7 Å². The van der Waals surface area contributed by atoms with Crippen molar-refractivity contribution >= 4 is 40.7 Å². The van der Waals surface area contributed by atoms with Crippen LogP contribution in [0.4, 0.5) is 5.69 Å². The molecule has 6 N–H and O–H groups in total. The predicted molar refractivity (Wildman–Crippen MR) is 264 cm³/mol. The number of aliphatic hydroxyl groups is 2. The molecule has 1 fully saturated rings. The summed E-state index contributed by atoms with van der Waals surface area (Å²) in [4.78, 5) is 64.6. The van der Waals surface area contributed by atoms with Gasteiger partial charge in [-0.1, -0.05) is 102 Å². The van der Waals surface area contributed by atoms with Crippen LogP contribution in [0.25, 0.3) is 0 Å². The van der Waals surface area contributed by atoms with Crippen LogP contribution in [0.15, 0.2) is 66.2 Å². The van der Waals surface area contributed by atoms with Crippen molar-refractivity contribution in [3.05, 3.63) is 93.7 Å². The summed E-state index contributed by atoms with van der Waals surface area (Å²) in [5.41, 5.74) is 8.58. The summed E-state index contributed by atoms with van der Waals surface area (Å²) in [5, 5.41) is 37.3. The smallest absolute Gasteiger partial charge is 0.303 e. The Morgan fingerprint density at radius 1 is 1.00 bits per heavy atom. The van der Waals surface area contributed by atoms with Gasteiger partial charge in [-0.3, -0.25) is 24.1 Å². The number of likely N-dealkylation sites (tertiary alicyclic amines) is 1. The van der Waals surface area contributed by atoms with Gasteiger partial charge in [0.25, 0.3) is 5.91 Å². The molecule has 4 aromatic rings. The third-order valence-electron chi connectivity index (χ3n) is 13.2. The number of esters is 1. The fourth-order valence-corrected chi connectivity index (χ4v) is 9.72. The second-order valence-electron chi connectivity index (χ2n) is 19.6. The lowest BCUT2D eigenvalue weighted by Crippen LogP contribution is -2.59. The molecule has 6 atom stereocenters. The molecular weight excluding hydrogens is 883 g/mol. The quantitative estimate of drug-likeness (QED) is 0.0214. The van der Waals surface area contributed by atoms with Crippen LogP contribution in [-0.4, -0.2) is 114 Å². The van der Waals surface area contributed by atoms with Gasteiger partial charge in [-0.2, -0.15) is 0 Å². The maximum atomic E-state index is 15.2. The highest BCUT2D eigenvalue weighted by Crippen LogP contribution is 2.33. The van der Waals surface area contributed by atoms with Gasteiger partial charge < -0.3 is 36.2 Å². The van der Waals surface area contributed by atoms with Crippen molar-refractivity contribution < 1.29 is 34.1 Å². The van der Waals surface area contributed by atoms with Gasteiger partial charge in [-0.05, 0) is 93.6 Å². The molecule has 0 unspecified atom stereocenters. The summed E-state index contributed by atoms with van der Waals surface area (Å²) in [5.74, 6) is -1.63. The van der Waals surface area contributed by atoms with Crippen molar-refractivity contribution in [1.82, 2.24) is 40.4 Å². The van der Waals surface area contributed by atoms with E-state index in [1.54, 1.807) is 31.4 Å². The minimum Gasteiger partial charge on any atom is -0.455 e. The largest absolute Gasteiger partial charge is 0.455 e. The average Bonchev–Trinajstić information content (AvgIpc) is 3.98. The fraction of sp³-hybridized carbons (Fsp3) is 0.588. The van der Waals surface area contributed by atoms with Crippen molar-refractivity contribution in [1.29, 1.82) is 0 Å². The van der Waals surface area contributed by atoms with E-state index in [2.05, 4.69) is 25.8 Å². The van der Waals surface area contributed by atoms with Crippen LogP contribution in [0.1, 0.15) is 138 Å². The molecule has 1 saturated heterocycles. The van der Waals surface area contributed by atoms with Gasteiger partial charge in [-0.15, -0.1) is 16.4 Å². The molecule has 2 aromatic carbocycles. The second-order valence-corrected chi connectivity index (χ2v) is 20.5. The lowest BCUT2D eigenvalue weighted by atomic mass is 9.83. The van der Waals surface area contributed by atoms with Crippen LogP contribution >= 0.6 is 11.3 Å². The number of nitrogens with zero attached hydrogens (tertiary/aromatic N) is 6. The number of piperidine rings is 1. The van der Waals surface area contributed by atoms with E-state index < -0.39 is 47.8 Å². The SMILES string of the molecule is CC[C@H](C)[C@H](NC(=O)[C@H]1CCCCN1C)C(=O)N(CCCCc1cn(Cc2ccccc2)nn1)[C@H](C[C@@H](OC(C)=O)c1nc(C(=O)N[C@@H](Cc2ccc(N)cc2)CC(C)(C)C(O)O)cs1)C(C)C. The number of nitrogen functional groups attached to an aromatic ring is 1. The van der Waals surface area contributed by atoms with Crippen molar-refractivity contribution in [2.75, 3.05) is 25.9 Å². The van der Waals surface area contributed by atoms with Crippen LogP contribution in [0.5, 0.6) is 0 Å². The molecule has 0 saturated carbocycles. The Hall–Kier alpha value is -5.23. The standard InChI is InChI=1S/C51H75N9O7S/c1-9-34(4)45(55-47(63)42-20-14-15-25-58(42)8)49(64)60(26-16-13-19-39-31-59(57-56-39)30-37-17-11-10-12-18-37)43(33(2)3)28-44(67-35(5)61)48-54-41(32-68-48)46(62)53-40(29-51(6,7)50(65)66)27-36-21-23-38(52)24-22-36/h10-12,17-18,21-24,31-34,40,42-45,50,65-66H,9,13-16,19-20,25-30,52H2,1-8H3,(H,53,62)(H,55,63)/t34-,40-,42+,43+,44+,45-/m0/s1. The molecule has 16 nitrogen and oxygen atoms in total. The van der Waals surface area contributed by atoms with Crippen molar-refractivity contribution in [3.8, 4) is 0 Å². The van der Waals surface area contributed by atoms with Crippen LogP contribution in [0.3, 0.4) is 0 Å². The number of hydrogen-bond donors (Lipinski definition) is 5. The number of nitrogens with two attached hydrogens (primary N) is 1. The molecule has 3 heterocycles. The summed E-state index contributed by atoms with van der Waals surface area (Å²) in [6, 6.07) is 15.3. The number of aryl methyl sites for hydroxylation is 1. The molecule has 1 aliphatic rings. The number of amides is 3. The number of carbonyl (C=O) groups is 4. The number of nitrogens with one attached hydrogen (secondary N) is 2. The Labute approximate surface area is 406 Å². The Kier molecular flexibility index (Phi) is 20.1.